The van der Waals surface area contributed by atoms with Crippen LogP contribution in [0.5, 0.6) is 0 Å². The molecule has 0 aromatic carbocycles. The van der Waals surface area contributed by atoms with Gasteiger partial charge in [-0.2, -0.15) is 4.72 Å². The van der Waals surface area contributed by atoms with E-state index in [-0.39, 0.29) is 8.68 Å². The van der Waals surface area contributed by atoms with Gasteiger partial charge in [-0.15, -0.1) is 0 Å². The summed E-state index contributed by atoms with van der Waals surface area (Å²) < 4.78 is 25.7. The molecule has 3 N–H and O–H groups in total. The normalized spacial score (nSPS) is 12.7. The molecular formula is C7H10ClN3O3S2. The van der Waals surface area contributed by atoms with Crippen LogP contribution in [-0.2, 0) is 14.8 Å². The zero-order valence-corrected chi connectivity index (χ0v) is 10.9. The highest BCUT2D eigenvalue weighted by Gasteiger charge is 2.32. The van der Waals surface area contributed by atoms with E-state index < -0.39 is 21.5 Å². The molecule has 0 unspecified atom stereocenters. The molecule has 6 nitrogen and oxygen atoms in total. The first-order chi connectivity index (χ1) is 7.15. The Morgan fingerprint density at radius 3 is 2.56 bits per heavy atom. The molecule has 0 spiro atoms. The Morgan fingerprint density at radius 2 is 2.19 bits per heavy atom. The molecule has 9 heteroatoms. The zero-order valence-electron chi connectivity index (χ0n) is 8.52. The van der Waals surface area contributed by atoms with Crippen LogP contribution in [0.4, 0.5) is 0 Å². The largest absolute Gasteiger partial charge is 0.368 e. The van der Waals surface area contributed by atoms with E-state index in [1.165, 1.54) is 13.8 Å². The number of hydrogen-bond acceptors (Lipinski definition) is 5. The average molecular weight is 284 g/mol. The maximum Gasteiger partial charge on any atom is 0.252 e. The summed E-state index contributed by atoms with van der Waals surface area (Å²) in [6.45, 7) is 2.74. The van der Waals surface area contributed by atoms with Gasteiger partial charge in [0, 0.05) is 0 Å². The lowest BCUT2D eigenvalue weighted by molar-refractivity contribution is -0.122. The van der Waals surface area contributed by atoms with Crippen LogP contribution in [0.1, 0.15) is 13.8 Å². The predicted octanol–water partition coefficient (Wildman–Crippen LogP) is 0.339. The molecule has 1 heterocycles. The third-order valence-electron chi connectivity index (χ3n) is 1.73. The van der Waals surface area contributed by atoms with Gasteiger partial charge < -0.3 is 5.73 Å². The summed E-state index contributed by atoms with van der Waals surface area (Å²) in [5, 5.41) is 0. The molecule has 0 aliphatic rings. The van der Waals surface area contributed by atoms with Crippen molar-refractivity contribution < 1.29 is 13.2 Å². The third-order valence-corrected chi connectivity index (χ3v) is 4.96. The second-order valence-corrected chi connectivity index (χ2v) is 7.05. The molecule has 0 atom stereocenters. The number of nitrogens with zero attached hydrogens (tertiary/aromatic N) is 1. The number of amides is 1. The lowest BCUT2D eigenvalue weighted by Crippen LogP contribution is -2.52. The van der Waals surface area contributed by atoms with Crippen molar-refractivity contribution in [3.63, 3.8) is 0 Å². The Kier molecular flexibility index (Phi) is 3.58. The van der Waals surface area contributed by atoms with Crippen LogP contribution in [0.2, 0.25) is 4.47 Å². The average Bonchev–Trinajstić information content (AvgIpc) is 2.50. The molecule has 0 bridgehead atoms. The fourth-order valence-corrected chi connectivity index (χ4v) is 3.48. The SMILES string of the molecule is CC(C)(NS(=O)(=O)c1cnc(Cl)s1)C(N)=O. The number of halogens is 1. The van der Waals surface area contributed by atoms with Crippen LogP contribution < -0.4 is 10.5 Å². The van der Waals surface area contributed by atoms with Crippen molar-refractivity contribution in [3.8, 4) is 0 Å². The molecule has 1 aromatic heterocycles. The van der Waals surface area contributed by atoms with Crippen LogP contribution in [0, 0.1) is 0 Å². The molecule has 1 amide bonds. The number of nitrogens with one attached hydrogen (secondary N) is 1. The number of hydrogen-bond donors (Lipinski definition) is 2. The van der Waals surface area contributed by atoms with E-state index in [0.717, 1.165) is 17.5 Å². The van der Waals surface area contributed by atoms with Gasteiger partial charge in [0.05, 0.1) is 6.20 Å². The van der Waals surface area contributed by atoms with Crippen molar-refractivity contribution >= 4 is 38.9 Å². The van der Waals surface area contributed by atoms with Crippen molar-refractivity contribution in [2.75, 3.05) is 0 Å². The van der Waals surface area contributed by atoms with E-state index in [9.17, 15) is 13.2 Å². The summed E-state index contributed by atoms with van der Waals surface area (Å²) in [6, 6.07) is 0. The Labute approximate surface area is 102 Å². The number of aromatic nitrogens is 1. The maximum absolute atomic E-state index is 11.8. The lowest BCUT2D eigenvalue weighted by Gasteiger charge is -2.21. The van der Waals surface area contributed by atoms with Crippen molar-refractivity contribution in [3.05, 3.63) is 10.7 Å². The highest BCUT2D eigenvalue weighted by Crippen LogP contribution is 2.23. The molecule has 1 rings (SSSR count). The monoisotopic (exact) mass is 283 g/mol. The maximum atomic E-state index is 11.8. The summed E-state index contributed by atoms with van der Waals surface area (Å²) in [6.07, 6.45) is 1.12. The minimum absolute atomic E-state index is 0.0631. The van der Waals surface area contributed by atoms with Crippen molar-refractivity contribution in [2.24, 2.45) is 5.73 Å². The Morgan fingerprint density at radius 1 is 1.62 bits per heavy atom. The van der Waals surface area contributed by atoms with Gasteiger partial charge in [0.25, 0.3) is 10.0 Å². The van der Waals surface area contributed by atoms with Crippen LogP contribution >= 0.6 is 22.9 Å². The van der Waals surface area contributed by atoms with Gasteiger partial charge in [0.2, 0.25) is 5.91 Å². The second kappa shape index (κ2) is 4.28. The fraction of sp³-hybridized carbons (Fsp3) is 0.429. The van der Waals surface area contributed by atoms with Gasteiger partial charge >= 0.3 is 0 Å². The van der Waals surface area contributed by atoms with E-state index in [1.807, 2.05) is 0 Å². The molecule has 16 heavy (non-hydrogen) atoms. The highest BCUT2D eigenvalue weighted by molar-refractivity contribution is 7.91. The highest BCUT2D eigenvalue weighted by atomic mass is 35.5. The minimum atomic E-state index is -3.82. The predicted molar refractivity (Wildman–Crippen MR) is 60.7 cm³/mol. The van der Waals surface area contributed by atoms with Gasteiger partial charge in [-0.05, 0) is 13.8 Å². The summed E-state index contributed by atoms with van der Waals surface area (Å²) >= 11 is 6.32. The van der Waals surface area contributed by atoms with Gasteiger partial charge in [-0.3, -0.25) is 4.79 Å². The first kappa shape index (κ1) is 13.4. The number of carbonyl (C=O) groups excluding carboxylic acids is 1. The van der Waals surface area contributed by atoms with Gasteiger partial charge in [0.1, 0.15) is 5.54 Å². The lowest BCUT2D eigenvalue weighted by atomic mass is 10.1. The Hall–Kier alpha value is -0.700. The topological polar surface area (TPSA) is 102 Å². The molecule has 1 aromatic rings. The zero-order chi connectivity index (χ0) is 12.6. The Bertz CT molecular complexity index is 509. The van der Waals surface area contributed by atoms with Crippen LogP contribution in [0.25, 0.3) is 0 Å². The summed E-state index contributed by atoms with van der Waals surface area (Å²) in [5.74, 6) is -0.772. The van der Waals surface area contributed by atoms with E-state index in [1.54, 1.807) is 0 Å². The molecule has 90 valence electrons. The molecule has 0 saturated heterocycles. The van der Waals surface area contributed by atoms with E-state index in [0.29, 0.717) is 0 Å². The smallest absolute Gasteiger partial charge is 0.252 e. The van der Waals surface area contributed by atoms with Crippen LogP contribution in [0.3, 0.4) is 0 Å². The fourth-order valence-electron chi connectivity index (χ4n) is 0.800. The van der Waals surface area contributed by atoms with Crippen molar-refractivity contribution in [2.45, 2.75) is 23.6 Å². The van der Waals surface area contributed by atoms with Crippen LogP contribution in [0.15, 0.2) is 10.4 Å². The van der Waals surface area contributed by atoms with Gasteiger partial charge in [-0.1, -0.05) is 22.9 Å². The molecule has 0 aliphatic carbocycles. The summed E-state index contributed by atoms with van der Waals surface area (Å²) in [7, 11) is -3.82. The van der Waals surface area contributed by atoms with Crippen molar-refractivity contribution in [1.82, 2.24) is 9.71 Å². The van der Waals surface area contributed by atoms with Gasteiger partial charge in [-0.25, -0.2) is 13.4 Å². The van der Waals surface area contributed by atoms with Gasteiger partial charge in [0.15, 0.2) is 8.68 Å². The molecule has 0 aliphatic heterocycles. The van der Waals surface area contributed by atoms with E-state index >= 15 is 0 Å². The number of sulfonamides is 1. The number of nitrogens with two attached hydrogens (primary N) is 1. The first-order valence-electron chi connectivity index (χ1n) is 4.10. The molecule has 0 fully saturated rings. The molecule has 0 saturated carbocycles. The minimum Gasteiger partial charge on any atom is -0.368 e. The summed E-state index contributed by atoms with van der Waals surface area (Å²) in [5.41, 5.74) is 3.69. The number of thiazole rings is 1. The van der Waals surface area contributed by atoms with Crippen LogP contribution in [-0.4, -0.2) is 24.8 Å². The second-order valence-electron chi connectivity index (χ2n) is 3.53. The van der Waals surface area contributed by atoms with E-state index in [2.05, 4.69) is 9.71 Å². The first-order valence-corrected chi connectivity index (χ1v) is 6.78. The third kappa shape index (κ3) is 2.91. The number of primary amides is 1. The summed E-state index contributed by atoms with van der Waals surface area (Å²) in [4.78, 5) is 14.6. The molecular weight excluding hydrogens is 274 g/mol. The number of carbonyl (C=O) groups is 1. The van der Waals surface area contributed by atoms with Crippen molar-refractivity contribution in [1.29, 1.82) is 0 Å². The Balaban J connectivity index is 3.02. The van der Waals surface area contributed by atoms with E-state index in [4.69, 9.17) is 17.3 Å². The molecule has 0 radical (unpaired) electrons. The number of rotatable bonds is 4. The standard InChI is InChI=1S/C7H10ClN3O3S2/c1-7(2,5(9)12)11-16(13,14)4-3-10-6(8)15-4/h3,11H,1-2H3,(H2,9,12). The quantitative estimate of drug-likeness (QED) is 0.831.